The first kappa shape index (κ1) is 33.2. The van der Waals surface area contributed by atoms with Gasteiger partial charge in [-0.25, -0.2) is 0 Å². The van der Waals surface area contributed by atoms with E-state index in [1.807, 2.05) is 11.8 Å². The van der Waals surface area contributed by atoms with Crippen molar-refractivity contribution < 1.29 is 0 Å². The maximum atomic E-state index is 2.67. The molecule has 0 radical (unpaired) electrons. The van der Waals surface area contributed by atoms with Crippen molar-refractivity contribution in [2.75, 3.05) is 9.80 Å². The fourth-order valence-electron chi connectivity index (χ4n) is 13.2. The summed E-state index contributed by atoms with van der Waals surface area (Å²) in [5.41, 5.74) is 10.9. The summed E-state index contributed by atoms with van der Waals surface area (Å²) in [4.78, 5) is 7.78. The van der Waals surface area contributed by atoms with Crippen LogP contribution in [0.3, 0.4) is 0 Å². The van der Waals surface area contributed by atoms with Crippen LogP contribution in [0.25, 0.3) is 21.5 Å². The molecule has 0 amide bonds. The zero-order valence-corrected chi connectivity index (χ0v) is 33.3. The molecule has 5 atom stereocenters. The lowest BCUT2D eigenvalue weighted by Gasteiger charge is -2.56. The van der Waals surface area contributed by atoms with Crippen molar-refractivity contribution >= 4 is 67.4 Å². The molecule has 280 valence electrons. The van der Waals surface area contributed by atoms with E-state index in [2.05, 4.69) is 192 Å². The van der Waals surface area contributed by atoms with E-state index in [1.54, 1.807) is 11.1 Å². The average molecular weight is 765 g/mol. The minimum Gasteiger partial charge on any atom is -0.310 e. The van der Waals surface area contributed by atoms with Crippen molar-refractivity contribution in [1.82, 2.24) is 0 Å². The Morgan fingerprint density at radius 3 is 1.31 bits per heavy atom. The fraction of sp³-hybridized carbons (Fsp3) is 0.200. The SMILES string of the molecule is c1ccc(N(c2ccccc2)c2ccc3cc4c(cc3c2)C2(c3cc5cc(N(c6ccccc6)c6ccccc6)ccc5cc3S4)C3CC4CC5CC2C5(C4)C3)cc1. The molecule has 3 heteroatoms. The van der Waals surface area contributed by atoms with Gasteiger partial charge in [0, 0.05) is 49.3 Å². The lowest BCUT2D eigenvalue weighted by Crippen LogP contribution is -2.51. The van der Waals surface area contributed by atoms with Crippen molar-refractivity contribution in [3.8, 4) is 0 Å². The molecule has 4 fully saturated rings. The maximum Gasteiger partial charge on any atom is 0.0468 e. The molecule has 0 N–H and O–H groups in total. The molecule has 13 rings (SSSR count). The lowest BCUT2D eigenvalue weighted by molar-refractivity contribution is -0.0212. The van der Waals surface area contributed by atoms with E-state index >= 15 is 0 Å². The number of fused-ring (bicyclic) bond motifs is 10. The molecule has 8 aromatic carbocycles. The number of rotatable bonds is 6. The van der Waals surface area contributed by atoms with Crippen molar-refractivity contribution in [2.45, 2.75) is 47.3 Å². The van der Waals surface area contributed by atoms with E-state index < -0.39 is 0 Å². The molecule has 8 aromatic rings. The van der Waals surface area contributed by atoms with Crippen LogP contribution in [0, 0.1) is 29.1 Å². The minimum atomic E-state index is 0.0348. The van der Waals surface area contributed by atoms with Crippen molar-refractivity contribution in [3.05, 3.63) is 193 Å². The first-order valence-corrected chi connectivity index (χ1v) is 22.1. The van der Waals surface area contributed by atoms with Gasteiger partial charge in [-0.3, -0.25) is 0 Å². The van der Waals surface area contributed by atoms with Crippen LogP contribution < -0.4 is 9.80 Å². The Hall–Kier alpha value is -5.77. The molecule has 3 bridgehead atoms. The van der Waals surface area contributed by atoms with Crippen LogP contribution in [0.1, 0.15) is 43.2 Å². The molecular weight excluding hydrogens is 721 g/mol. The van der Waals surface area contributed by atoms with E-state index in [1.165, 1.54) is 97.6 Å². The third kappa shape index (κ3) is 4.63. The van der Waals surface area contributed by atoms with Crippen LogP contribution in [-0.4, -0.2) is 0 Å². The quantitative estimate of drug-likeness (QED) is 0.166. The Balaban J connectivity index is 1.01. The summed E-state index contributed by atoms with van der Waals surface area (Å²) in [6.07, 6.45) is 7.10. The highest BCUT2D eigenvalue weighted by Crippen LogP contribution is 2.83. The van der Waals surface area contributed by atoms with Gasteiger partial charge in [-0.1, -0.05) is 96.7 Å². The van der Waals surface area contributed by atoms with Crippen LogP contribution in [0.2, 0.25) is 0 Å². The first-order valence-electron chi connectivity index (χ1n) is 21.3. The maximum absolute atomic E-state index is 2.67. The van der Waals surface area contributed by atoms with Crippen molar-refractivity contribution in [2.24, 2.45) is 29.1 Å². The molecule has 4 saturated carbocycles. The lowest BCUT2D eigenvalue weighted by atomic mass is 9.48. The highest BCUT2D eigenvalue weighted by Gasteiger charge is 2.76. The highest BCUT2D eigenvalue weighted by atomic mass is 32.2. The van der Waals surface area contributed by atoms with Gasteiger partial charge in [-0.2, -0.15) is 0 Å². The predicted octanol–water partition coefficient (Wildman–Crippen LogP) is 15.1. The summed E-state index contributed by atoms with van der Waals surface area (Å²) in [5.74, 6) is 3.20. The van der Waals surface area contributed by atoms with Gasteiger partial charge in [-0.15, -0.1) is 0 Å². The van der Waals surface area contributed by atoms with Gasteiger partial charge in [-0.05, 0) is 191 Å². The first-order chi connectivity index (χ1) is 28.7. The summed E-state index contributed by atoms with van der Waals surface area (Å²) in [6, 6.07) is 68.1. The zero-order chi connectivity index (χ0) is 38.0. The molecule has 0 saturated heterocycles. The van der Waals surface area contributed by atoms with Gasteiger partial charge in [0.25, 0.3) is 0 Å². The Bertz CT molecular complexity index is 2640. The summed E-state index contributed by atoms with van der Waals surface area (Å²) >= 11 is 2.03. The molecule has 1 aliphatic heterocycles. The summed E-state index contributed by atoms with van der Waals surface area (Å²) in [6.45, 7) is 0. The van der Waals surface area contributed by atoms with E-state index in [-0.39, 0.29) is 5.41 Å². The molecule has 1 heterocycles. The van der Waals surface area contributed by atoms with Crippen LogP contribution in [0.4, 0.5) is 34.1 Å². The third-order valence-electron chi connectivity index (χ3n) is 15.3. The summed E-state index contributed by atoms with van der Waals surface area (Å²) < 4.78 is 0. The molecule has 5 aliphatic rings. The molecule has 5 unspecified atom stereocenters. The topological polar surface area (TPSA) is 6.48 Å². The Kier molecular flexibility index (Phi) is 7.09. The Labute approximate surface area is 345 Å². The number of hydrogen-bond acceptors (Lipinski definition) is 3. The van der Waals surface area contributed by atoms with Gasteiger partial charge in [0.1, 0.15) is 0 Å². The normalized spacial score (nSPS) is 24.0. The predicted molar refractivity (Wildman–Crippen MR) is 242 cm³/mol. The Morgan fingerprint density at radius 1 is 0.397 bits per heavy atom. The molecule has 0 aromatic heterocycles. The van der Waals surface area contributed by atoms with Gasteiger partial charge in [0.2, 0.25) is 0 Å². The van der Waals surface area contributed by atoms with Crippen LogP contribution >= 0.6 is 11.8 Å². The van der Waals surface area contributed by atoms with Gasteiger partial charge in [0.05, 0.1) is 0 Å². The average Bonchev–Trinajstić information content (AvgIpc) is 3.55. The number of hydrogen-bond donors (Lipinski definition) is 0. The number of anilines is 6. The second-order valence-corrected chi connectivity index (χ2v) is 19.0. The van der Waals surface area contributed by atoms with Gasteiger partial charge in [0.15, 0.2) is 0 Å². The van der Waals surface area contributed by atoms with Crippen molar-refractivity contribution in [3.63, 3.8) is 0 Å². The van der Waals surface area contributed by atoms with Gasteiger partial charge >= 0.3 is 0 Å². The van der Waals surface area contributed by atoms with E-state index in [9.17, 15) is 0 Å². The summed E-state index contributed by atoms with van der Waals surface area (Å²) in [7, 11) is 0. The second-order valence-electron chi connectivity index (χ2n) is 17.9. The fourth-order valence-corrected chi connectivity index (χ4v) is 14.5. The van der Waals surface area contributed by atoms with E-state index in [0.29, 0.717) is 17.3 Å². The smallest absolute Gasteiger partial charge is 0.0468 e. The molecule has 2 spiro atoms. The summed E-state index contributed by atoms with van der Waals surface area (Å²) in [5, 5.41) is 5.35. The zero-order valence-electron chi connectivity index (χ0n) is 32.5. The number of para-hydroxylation sites is 4. The van der Waals surface area contributed by atoms with Crippen LogP contribution in [-0.2, 0) is 5.41 Å². The largest absolute Gasteiger partial charge is 0.310 e. The minimum absolute atomic E-state index is 0.0348. The van der Waals surface area contributed by atoms with E-state index in [0.717, 1.165) is 11.8 Å². The standard InChI is InChI=1S/C55H44N2S/c1-5-13-43(14-6-1)56(44-15-7-2-8-16-44)47-23-21-37-31-51-49(29-39(37)27-47)55(42-26-36-25-41-33-53(55)54(41,34-36)35-42)50-30-40-28-48(24-22-38(40)32-52(50)58-51)57(45-17-9-3-10-18-45)46-19-11-4-12-20-46/h1-24,27-32,36,41-42,53H,25-26,33-35H2. The molecular formula is C55H44N2S. The third-order valence-corrected chi connectivity index (χ3v) is 16.4. The molecule has 58 heavy (non-hydrogen) atoms. The number of benzene rings is 8. The second kappa shape index (κ2) is 12.4. The molecule has 4 aliphatic carbocycles. The van der Waals surface area contributed by atoms with Crippen molar-refractivity contribution in [1.29, 1.82) is 0 Å². The number of nitrogens with zero attached hydrogens (tertiary/aromatic N) is 2. The van der Waals surface area contributed by atoms with Crippen LogP contribution in [0.15, 0.2) is 192 Å². The Morgan fingerprint density at radius 2 is 0.845 bits per heavy atom. The van der Waals surface area contributed by atoms with Gasteiger partial charge < -0.3 is 9.80 Å². The highest BCUT2D eigenvalue weighted by molar-refractivity contribution is 7.99. The van der Waals surface area contributed by atoms with Crippen LogP contribution in [0.5, 0.6) is 0 Å². The molecule has 2 nitrogen and oxygen atoms in total. The monoisotopic (exact) mass is 764 g/mol. The van der Waals surface area contributed by atoms with E-state index in [4.69, 9.17) is 0 Å².